The number of anilines is 2. The molecule has 150 valence electrons. The standard InChI is InChI=1S/C21H20BrN3O4/c1-28-9-8-24-7-6-14-10-16(3-5-17(14)24)23-20(26)12-25-18-4-2-15(22)11-19(18)29-13-21(25)27/h2-7,10-11H,8-9,12-13H2,1H3,(H,23,26). The van der Waals surface area contributed by atoms with E-state index in [1.165, 1.54) is 4.90 Å². The van der Waals surface area contributed by atoms with Crippen LogP contribution in [0.5, 0.6) is 5.75 Å². The molecule has 0 bridgehead atoms. The van der Waals surface area contributed by atoms with Gasteiger partial charge in [0.05, 0.1) is 12.3 Å². The summed E-state index contributed by atoms with van der Waals surface area (Å²) in [5.41, 5.74) is 2.34. The fourth-order valence-corrected chi connectivity index (χ4v) is 3.70. The first-order valence-electron chi connectivity index (χ1n) is 9.15. The zero-order valence-corrected chi connectivity index (χ0v) is 17.4. The molecule has 0 unspecified atom stereocenters. The lowest BCUT2D eigenvalue weighted by Crippen LogP contribution is -2.43. The van der Waals surface area contributed by atoms with Gasteiger partial charge in [-0.05, 0) is 42.5 Å². The predicted molar refractivity (Wildman–Crippen MR) is 114 cm³/mol. The monoisotopic (exact) mass is 457 g/mol. The number of fused-ring (bicyclic) bond motifs is 2. The quantitative estimate of drug-likeness (QED) is 0.615. The van der Waals surface area contributed by atoms with Gasteiger partial charge < -0.3 is 19.4 Å². The van der Waals surface area contributed by atoms with Crippen LogP contribution in [0.1, 0.15) is 0 Å². The van der Waals surface area contributed by atoms with Gasteiger partial charge in [0.2, 0.25) is 5.91 Å². The van der Waals surface area contributed by atoms with Gasteiger partial charge >= 0.3 is 0 Å². The number of rotatable bonds is 6. The van der Waals surface area contributed by atoms with Gasteiger partial charge in [-0.15, -0.1) is 0 Å². The summed E-state index contributed by atoms with van der Waals surface area (Å²) in [5.74, 6) is 0.0542. The minimum absolute atomic E-state index is 0.0796. The number of benzene rings is 2. The number of carbonyl (C=O) groups is 2. The summed E-state index contributed by atoms with van der Waals surface area (Å²) < 4.78 is 13.5. The van der Waals surface area contributed by atoms with Crippen LogP contribution < -0.4 is 15.0 Å². The van der Waals surface area contributed by atoms with Crippen LogP contribution >= 0.6 is 15.9 Å². The van der Waals surface area contributed by atoms with E-state index >= 15 is 0 Å². The molecule has 8 heteroatoms. The molecule has 3 aromatic rings. The van der Waals surface area contributed by atoms with E-state index in [2.05, 4.69) is 25.8 Å². The normalized spacial score (nSPS) is 13.3. The van der Waals surface area contributed by atoms with E-state index in [1.54, 1.807) is 19.2 Å². The first-order chi connectivity index (χ1) is 14.0. The highest BCUT2D eigenvalue weighted by atomic mass is 79.9. The van der Waals surface area contributed by atoms with Gasteiger partial charge in [0, 0.05) is 40.9 Å². The van der Waals surface area contributed by atoms with E-state index in [1.807, 2.05) is 36.5 Å². The molecule has 1 aliphatic rings. The van der Waals surface area contributed by atoms with Gasteiger partial charge in [-0.1, -0.05) is 15.9 Å². The van der Waals surface area contributed by atoms with E-state index in [0.29, 0.717) is 23.7 Å². The van der Waals surface area contributed by atoms with Gasteiger partial charge in [0.25, 0.3) is 5.91 Å². The van der Waals surface area contributed by atoms with Crippen molar-refractivity contribution in [3.63, 3.8) is 0 Å². The highest BCUT2D eigenvalue weighted by Crippen LogP contribution is 2.34. The zero-order valence-electron chi connectivity index (χ0n) is 15.9. The number of nitrogens with one attached hydrogen (secondary N) is 1. The van der Waals surface area contributed by atoms with Crippen LogP contribution in [-0.4, -0.2) is 43.2 Å². The summed E-state index contributed by atoms with van der Waals surface area (Å²) in [5, 5.41) is 3.90. The average molecular weight is 458 g/mol. The Morgan fingerprint density at radius 3 is 2.93 bits per heavy atom. The van der Waals surface area contributed by atoms with Crippen molar-refractivity contribution in [2.75, 3.05) is 37.1 Å². The van der Waals surface area contributed by atoms with Crippen molar-refractivity contribution < 1.29 is 19.1 Å². The van der Waals surface area contributed by atoms with E-state index in [0.717, 1.165) is 21.9 Å². The second kappa shape index (κ2) is 8.26. The first-order valence-corrected chi connectivity index (χ1v) is 9.95. The minimum Gasteiger partial charge on any atom is -0.482 e. The van der Waals surface area contributed by atoms with Gasteiger partial charge in [-0.2, -0.15) is 0 Å². The fraction of sp³-hybridized carbons (Fsp3) is 0.238. The number of hydrogen-bond donors (Lipinski definition) is 1. The van der Waals surface area contributed by atoms with Crippen molar-refractivity contribution in [3.8, 4) is 5.75 Å². The topological polar surface area (TPSA) is 72.8 Å². The number of amides is 2. The molecule has 2 heterocycles. The molecule has 0 aliphatic carbocycles. The molecule has 2 aromatic carbocycles. The van der Waals surface area contributed by atoms with Crippen molar-refractivity contribution in [2.45, 2.75) is 6.54 Å². The lowest BCUT2D eigenvalue weighted by molar-refractivity contribution is -0.123. The van der Waals surface area contributed by atoms with Gasteiger partial charge in [-0.3, -0.25) is 14.5 Å². The maximum absolute atomic E-state index is 12.6. The number of hydrogen-bond acceptors (Lipinski definition) is 4. The number of nitrogens with zero attached hydrogens (tertiary/aromatic N) is 2. The molecular formula is C21H20BrN3O4. The lowest BCUT2D eigenvalue weighted by Gasteiger charge is -2.29. The van der Waals surface area contributed by atoms with Crippen LogP contribution in [-0.2, 0) is 20.9 Å². The van der Waals surface area contributed by atoms with Crippen molar-refractivity contribution in [3.05, 3.63) is 53.1 Å². The highest BCUT2D eigenvalue weighted by molar-refractivity contribution is 9.10. The van der Waals surface area contributed by atoms with Crippen LogP contribution in [0.25, 0.3) is 10.9 Å². The van der Waals surface area contributed by atoms with Gasteiger partial charge in [0.1, 0.15) is 12.3 Å². The van der Waals surface area contributed by atoms with Crippen molar-refractivity contribution in [2.24, 2.45) is 0 Å². The molecule has 1 aromatic heterocycles. The third-order valence-corrected chi connectivity index (χ3v) is 5.25. The summed E-state index contributed by atoms with van der Waals surface area (Å²) in [7, 11) is 1.68. The largest absolute Gasteiger partial charge is 0.482 e. The molecule has 0 spiro atoms. The van der Waals surface area contributed by atoms with E-state index < -0.39 is 0 Å². The van der Waals surface area contributed by atoms with Crippen LogP contribution in [0.2, 0.25) is 0 Å². The zero-order chi connectivity index (χ0) is 20.4. The van der Waals surface area contributed by atoms with Crippen LogP contribution in [0.4, 0.5) is 11.4 Å². The third-order valence-electron chi connectivity index (χ3n) is 4.76. The van der Waals surface area contributed by atoms with E-state index in [9.17, 15) is 9.59 Å². The van der Waals surface area contributed by atoms with Crippen LogP contribution in [0.3, 0.4) is 0 Å². The van der Waals surface area contributed by atoms with Crippen molar-refractivity contribution >= 4 is 50.0 Å². The van der Waals surface area contributed by atoms with Crippen LogP contribution in [0, 0.1) is 0 Å². The maximum Gasteiger partial charge on any atom is 0.265 e. The Hall–Kier alpha value is -2.84. The second-order valence-corrected chi connectivity index (χ2v) is 7.62. The molecule has 0 fully saturated rings. The van der Waals surface area contributed by atoms with E-state index in [-0.39, 0.29) is 25.0 Å². The van der Waals surface area contributed by atoms with Crippen molar-refractivity contribution in [1.82, 2.24) is 4.57 Å². The molecule has 0 saturated heterocycles. The van der Waals surface area contributed by atoms with Gasteiger partial charge in [0.15, 0.2) is 6.61 Å². The Kier molecular flexibility index (Phi) is 5.55. The first kappa shape index (κ1) is 19.5. The Labute approximate surface area is 176 Å². The number of carbonyl (C=O) groups excluding carboxylic acids is 2. The SMILES string of the molecule is COCCn1ccc2cc(NC(=O)CN3C(=O)COc4cc(Br)ccc43)ccc21. The Morgan fingerprint density at radius 1 is 1.24 bits per heavy atom. The van der Waals surface area contributed by atoms with E-state index in [4.69, 9.17) is 9.47 Å². The van der Waals surface area contributed by atoms with Crippen LogP contribution in [0.15, 0.2) is 53.1 Å². The third kappa shape index (κ3) is 4.13. The molecule has 2 amide bonds. The number of methoxy groups -OCH3 is 1. The molecule has 0 atom stereocenters. The molecule has 0 saturated carbocycles. The smallest absolute Gasteiger partial charge is 0.265 e. The lowest BCUT2D eigenvalue weighted by atomic mass is 10.2. The maximum atomic E-state index is 12.6. The Balaban J connectivity index is 1.48. The number of halogens is 1. The Bertz CT molecular complexity index is 1080. The predicted octanol–water partition coefficient (Wildman–Crippen LogP) is 3.41. The summed E-state index contributed by atoms with van der Waals surface area (Å²) in [6.07, 6.45) is 2.00. The summed E-state index contributed by atoms with van der Waals surface area (Å²) >= 11 is 3.38. The molecule has 7 nitrogen and oxygen atoms in total. The summed E-state index contributed by atoms with van der Waals surface area (Å²) in [4.78, 5) is 26.3. The number of ether oxygens (including phenoxy) is 2. The second-order valence-electron chi connectivity index (χ2n) is 6.70. The Morgan fingerprint density at radius 2 is 2.10 bits per heavy atom. The molecule has 29 heavy (non-hydrogen) atoms. The van der Waals surface area contributed by atoms with Gasteiger partial charge in [-0.25, -0.2) is 0 Å². The average Bonchev–Trinajstić information content (AvgIpc) is 3.10. The molecule has 4 rings (SSSR count). The number of aromatic nitrogens is 1. The summed E-state index contributed by atoms with van der Waals surface area (Å²) in [6, 6.07) is 13.1. The highest BCUT2D eigenvalue weighted by Gasteiger charge is 2.27. The molecular weight excluding hydrogens is 438 g/mol. The molecule has 1 aliphatic heterocycles. The minimum atomic E-state index is -0.271. The molecule has 1 N–H and O–H groups in total. The molecule has 0 radical (unpaired) electrons. The fourth-order valence-electron chi connectivity index (χ4n) is 3.36. The summed E-state index contributed by atoms with van der Waals surface area (Å²) in [6.45, 7) is 1.23. The van der Waals surface area contributed by atoms with Crippen molar-refractivity contribution in [1.29, 1.82) is 0 Å².